The van der Waals surface area contributed by atoms with E-state index in [-0.39, 0.29) is 11.6 Å². The number of rotatable bonds is 9. The van der Waals surface area contributed by atoms with Gasteiger partial charge in [-0.3, -0.25) is 0 Å². The Morgan fingerprint density at radius 1 is 1.21 bits per heavy atom. The number of ether oxygens (including phenoxy) is 2. The van der Waals surface area contributed by atoms with E-state index in [2.05, 4.69) is 26.6 Å². The fourth-order valence-corrected chi connectivity index (χ4v) is 4.51. The molecule has 0 saturated carbocycles. The lowest BCUT2D eigenvalue weighted by molar-refractivity contribution is 0.0163. The zero-order chi connectivity index (χ0) is 26.9. The summed E-state index contributed by atoms with van der Waals surface area (Å²) in [6.07, 6.45) is 8.23. The van der Waals surface area contributed by atoms with E-state index in [0.29, 0.717) is 39.3 Å². The summed E-state index contributed by atoms with van der Waals surface area (Å²) in [6.45, 7) is 6.76. The van der Waals surface area contributed by atoms with Crippen LogP contribution in [0, 0.1) is 6.92 Å². The highest BCUT2D eigenvalue weighted by Gasteiger charge is 2.30. The summed E-state index contributed by atoms with van der Waals surface area (Å²) in [4.78, 5) is 12.9. The first-order valence-corrected chi connectivity index (χ1v) is 12.3. The second-order valence-corrected chi connectivity index (χ2v) is 9.48. The zero-order valence-electron chi connectivity index (χ0n) is 20.8. The van der Waals surface area contributed by atoms with Crippen LogP contribution in [0.15, 0.2) is 78.1 Å². The van der Waals surface area contributed by atoms with Gasteiger partial charge in [0, 0.05) is 31.0 Å². The molecule has 0 aliphatic heterocycles. The monoisotopic (exact) mass is 535 g/mol. The molecule has 5 aromatic rings. The highest BCUT2D eigenvalue weighted by Crippen LogP contribution is 2.34. The molecule has 0 unspecified atom stereocenters. The number of benzene rings is 1. The molecule has 1 aromatic carbocycles. The van der Waals surface area contributed by atoms with E-state index in [0.717, 1.165) is 35.0 Å². The first-order valence-electron chi connectivity index (χ1n) is 11.5. The van der Waals surface area contributed by atoms with Crippen LogP contribution in [0.2, 0.25) is 0 Å². The molecular formula is C27H23F2N5O3S. The summed E-state index contributed by atoms with van der Waals surface area (Å²) >= 11 is 0.831. The Bertz CT molecular complexity index is 1600. The molecule has 0 aliphatic carbocycles. The van der Waals surface area contributed by atoms with Gasteiger partial charge in [-0.25, -0.2) is 19.5 Å². The van der Waals surface area contributed by atoms with E-state index in [1.165, 1.54) is 18.0 Å². The molecule has 11 heteroatoms. The van der Waals surface area contributed by atoms with E-state index < -0.39 is 5.92 Å². The number of alkyl halides is 2. The SMILES string of the molecule is C=C(C=C(OCc1cccc(-c2cncnc2)c1)c1cc(-c2cn3nc(C(C)(F)F)sc3n2)oc1C)OC. The minimum Gasteiger partial charge on any atom is -0.497 e. The molecule has 194 valence electrons. The highest BCUT2D eigenvalue weighted by molar-refractivity contribution is 7.16. The molecule has 0 amide bonds. The number of methoxy groups -OCH3 is 1. The maximum absolute atomic E-state index is 13.6. The molecule has 5 rings (SSSR count). The zero-order valence-corrected chi connectivity index (χ0v) is 21.6. The molecule has 38 heavy (non-hydrogen) atoms. The largest absolute Gasteiger partial charge is 0.497 e. The first kappa shape index (κ1) is 25.3. The minimum absolute atomic E-state index is 0.266. The van der Waals surface area contributed by atoms with Crippen LogP contribution < -0.4 is 0 Å². The smallest absolute Gasteiger partial charge is 0.298 e. The van der Waals surface area contributed by atoms with E-state index in [4.69, 9.17) is 13.9 Å². The predicted octanol–water partition coefficient (Wildman–Crippen LogP) is 6.65. The minimum atomic E-state index is -3.03. The van der Waals surface area contributed by atoms with Gasteiger partial charge in [-0.15, -0.1) is 0 Å². The van der Waals surface area contributed by atoms with Crippen LogP contribution in [0.4, 0.5) is 8.78 Å². The summed E-state index contributed by atoms with van der Waals surface area (Å²) in [5, 5.41) is 3.64. The Morgan fingerprint density at radius 2 is 2.00 bits per heavy atom. The number of hydrogen-bond donors (Lipinski definition) is 0. The molecule has 0 aliphatic rings. The number of furan rings is 1. The third kappa shape index (κ3) is 5.32. The van der Waals surface area contributed by atoms with E-state index >= 15 is 0 Å². The molecular weight excluding hydrogens is 512 g/mol. The maximum Gasteiger partial charge on any atom is 0.298 e. The number of allylic oxidation sites excluding steroid dienone is 1. The van der Waals surface area contributed by atoms with Gasteiger partial charge in [-0.1, -0.05) is 36.1 Å². The van der Waals surface area contributed by atoms with Gasteiger partial charge in [0.25, 0.3) is 5.92 Å². The molecule has 0 radical (unpaired) electrons. The Labute approximate surface area is 220 Å². The predicted molar refractivity (Wildman–Crippen MR) is 139 cm³/mol. The molecule has 0 N–H and O–H groups in total. The number of hydrogen-bond acceptors (Lipinski definition) is 8. The van der Waals surface area contributed by atoms with Crippen molar-refractivity contribution in [2.75, 3.05) is 7.11 Å². The third-order valence-electron chi connectivity index (χ3n) is 5.62. The fraction of sp³-hybridized carbons (Fsp3) is 0.185. The lowest BCUT2D eigenvalue weighted by Crippen LogP contribution is -2.06. The van der Waals surface area contributed by atoms with Gasteiger partial charge in [0.2, 0.25) is 4.96 Å². The van der Waals surface area contributed by atoms with Crippen LogP contribution in [0.5, 0.6) is 0 Å². The number of imidazole rings is 1. The number of fused-ring (bicyclic) bond motifs is 1. The Morgan fingerprint density at radius 3 is 2.71 bits per heavy atom. The standard InChI is InChI=1S/C27H23F2N5O3S/c1-16(35-4)8-23(36-14-18-6-5-7-19(9-18)20-11-30-15-31-12-20)21-10-24(37-17(21)2)22-13-34-26(32-22)38-25(33-34)27(3,28)29/h5-13,15H,1,14H2,2-4H3. The number of halogens is 2. The van der Waals surface area contributed by atoms with Crippen molar-refractivity contribution < 1.29 is 22.7 Å². The van der Waals surface area contributed by atoms with Crippen LogP contribution >= 0.6 is 11.3 Å². The summed E-state index contributed by atoms with van der Waals surface area (Å²) in [5.74, 6) is -1.12. The molecule has 0 bridgehead atoms. The van der Waals surface area contributed by atoms with Crippen LogP contribution in [-0.4, -0.2) is 31.7 Å². The second kappa shape index (κ2) is 10.2. The number of nitrogens with zero attached hydrogens (tertiary/aromatic N) is 5. The Hall–Kier alpha value is -4.38. The van der Waals surface area contributed by atoms with E-state index in [1.807, 2.05) is 24.3 Å². The van der Waals surface area contributed by atoms with Crippen molar-refractivity contribution in [1.29, 1.82) is 0 Å². The molecule has 0 fully saturated rings. The first-order chi connectivity index (χ1) is 18.2. The Balaban J connectivity index is 1.41. The summed E-state index contributed by atoms with van der Waals surface area (Å²) in [6, 6.07) is 9.67. The highest BCUT2D eigenvalue weighted by atomic mass is 32.1. The van der Waals surface area contributed by atoms with Crippen molar-refractivity contribution in [1.82, 2.24) is 24.6 Å². The lowest BCUT2D eigenvalue weighted by atomic mass is 10.1. The normalized spacial score (nSPS) is 12.2. The van der Waals surface area contributed by atoms with Crippen molar-refractivity contribution in [3.8, 4) is 22.6 Å². The van der Waals surface area contributed by atoms with Gasteiger partial charge < -0.3 is 13.9 Å². The van der Waals surface area contributed by atoms with Crippen molar-refractivity contribution in [3.63, 3.8) is 0 Å². The second-order valence-electron chi connectivity index (χ2n) is 8.52. The van der Waals surface area contributed by atoms with Crippen molar-refractivity contribution in [2.24, 2.45) is 0 Å². The number of aryl methyl sites for hydroxylation is 1. The molecule has 0 atom stereocenters. The average Bonchev–Trinajstić information content (AvgIpc) is 3.60. The van der Waals surface area contributed by atoms with Crippen LogP contribution in [0.25, 0.3) is 33.3 Å². The summed E-state index contributed by atoms with van der Waals surface area (Å²) in [7, 11) is 1.52. The van der Waals surface area contributed by atoms with Crippen molar-refractivity contribution >= 4 is 22.1 Å². The molecule has 4 aromatic heterocycles. The van der Waals surface area contributed by atoms with Gasteiger partial charge in [0.05, 0.1) is 18.9 Å². The summed E-state index contributed by atoms with van der Waals surface area (Å²) in [5.41, 5.74) is 3.95. The van der Waals surface area contributed by atoms with Gasteiger partial charge in [0.1, 0.15) is 35.9 Å². The third-order valence-corrected chi connectivity index (χ3v) is 6.72. The van der Waals surface area contributed by atoms with Crippen molar-refractivity contribution in [3.05, 3.63) is 95.6 Å². The molecule has 4 heterocycles. The van der Waals surface area contributed by atoms with Crippen LogP contribution in [0.1, 0.15) is 28.8 Å². The van der Waals surface area contributed by atoms with Gasteiger partial charge >= 0.3 is 0 Å². The van der Waals surface area contributed by atoms with Crippen LogP contribution in [-0.2, 0) is 22.0 Å². The molecule has 8 nitrogen and oxygen atoms in total. The van der Waals surface area contributed by atoms with Crippen LogP contribution in [0.3, 0.4) is 0 Å². The molecule has 0 spiro atoms. The van der Waals surface area contributed by atoms with E-state index in [1.54, 1.807) is 37.7 Å². The molecule has 0 saturated heterocycles. The average molecular weight is 536 g/mol. The summed E-state index contributed by atoms with van der Waals surface area (Å²) < 4.78 is 46.0. The fourth-order valence-electron chi connectivity index (χ4n) is 3.70. The Kier molecular flexibility index (Phi) is 6.77. The topological polar surface area (TPSA) is 87.6 Å². The van der Waals surface area contributed by atoms with Crippen molar-refractivity contribution in [2.45, 2.75) is 26.4 Å². The van der Waals surface area contributed by atoms with Gasteiger partial charge in [0.15, 0.2) is 10.8 Å². The van der Waals surface area contributed by atoms with Gasteiger partial charge in [-0.2, -0.15) is 13.9 Å². The maximum atomic E-state index is 13.6. The van der Waals surface area contributed by atoms with Gasteiger partial charge in [-0.05, 0) is 30.2 Å². The lowest BCUT2D eigenvalue weighted by Gasteiger charge is -2.12. The number of aromatic nitrogens is 5. The van der Waals surface area contributed by atoms with E-state index in [9.17, 15) is 8.78 Å². The quantitative estimate of drug-likeness (QED) is 0.154.